The minimum Gasteiger partial charge on any atom is -0.452 e. The van der Waals surface area contributed by atoms with Crippen LogP contribution in [-0.2, 0) is 0 Å². The lowest BCUT2D eigenvalue weighted by Gasteiger charge is -1.84. The van der Waals surface area contributed by atoms with Gasteiger partial charge in [-0.25, -0.2) is 0 Å². The lowest BCUT2D eigenvalue weighted by atomic mass is 10.3. The van der Waals surface area contributed by atoms with E-state index < -0.39 is 0 Å². The first-order valence-corrected chi connectivity index (χ1v) is 3.02. The highest BCUT2D eigenvalue weighted by Gasteiger charge is 2.03. The Balaban J connectivity index is 2.90. The van der Waals surface area contributed by atoms with Crippen LogP contribution in [-0.4, -0.2) is 17.2 Å². The van der Waals surface area contributed by atoms with E-state index in [0.717, 1.165) is 6.21 Å². The van der Waals surface area contributed by atoms with Crippen LogP contribution in [0.1, 0.15) is 23.2 Å². The molecule has 0 fully saturated rings. The molecular formula is C7H7NO3. The van der Waals surface area contributed by atoms with E-state index in [2.05, 4.69) is 5.16 Å². The molecule has 0 saturated heterocycles. The Morgan fingerprint density at radius 3 is 2.91 bits per heavy atom. The van der Waals surface area contributed by atoms with Crippen LogP contribution < -0.4 is 0 Å². The molecule has 0 saturated carbocycles. The van der Waals surface area contributed by atoms with Gasteiger partial charge in [0, 0.05) is 6.92 Å². The minimum atomic E-state index is -0.150. The Kier molecular flexibility index (Phi) is 2.06. The normalized spacial score (nSPS) is 10.6. The number of rotatable bonds is 2. The lowest BCUT2D eigenvalue weighted by molar-refractivity contribution is 0.0987. The predicted octanol–water partition coefficient (Wildman–Crippen LogP) is 1.29. The molecule has 4 nitrogen and oxygen atoms in total. The molecule has 4 heteroatoms. The van der Waals surface area contributed by atoms with Crippen LogP contribution in [0.3, 0.4) is 0 Å². The SMILES string of the molecule is CC(=O)c1ccc(/C=N/O)o1. The van der Waals surface area contributed by atoms with E-state index >= 15 is 0 Å². The number of hydrogen-bond acceptors (Lipinski definition) is 4. The highest BCUT2D eigenvalue weighted by Crippen LogP contribution is 2.05. The van der Waals surface area contributed by atoms with Gasteiger partial charge in [0.25, 0.3) is 0 Å². The highest BCUT2D eigenvalue weighted by atomic mass is 16.4. The Morgan fingerprint density at radius 1 is 1.73 bits per heavy atom. The second kappa shape index (κ2) is 3.01. The van der Waals surface area contributed by atoms with Gasteiger partial charge in [-0.05, 0) is 12.1 Å². The molecule has 0 atom stereocenters. The molecule has 1 N–H and O–H groups in total. The number of nitrogens with zero attached hydrogens (tertiary/aromatic N) is 1. The summed E-state index contributed by atoms with van der Waals surface area (Å²) in [5.74, 6) is 0.472. The molecule has 11 heavy (non-hydrogen) atoms. The van der Waals surface area contributed by atoms with Gasteiger partial charge in [0.2, 0.25) is 0 Å². The van der Waals surface area contributed by atoms with Crippen molar-refractivity contribution in [1.82, 2.24) is 0 Å². The molecule has 0 aromatic carbocycles. The summed E-state index contributed by atoms with van der Waals surface area (Å²) in [6, 6.07) is 3.08. The van der Waals surface area contributed by atoms with Crippen molar-refractivity contribution in [3.05, 3.63) is 23.7 Å². The van der Waals surface area contributed by atoms with E-state index in [-0.39, 0.29) is 11.5 Å². The van der Waals surface area contributed by atoms with Gasteiger partial charge in [-0.1, -0.05) is 5.16 Å². The molecular weight excluding hydrogens is 146 g/mol. The van der Waals surface area contributed by atoms with E-state index in [9.17, 15) is 4.79 Å². The predicted molar refractivity (Wildman–Crippen MR) is 38.1 cm³/mol. The summed E-state index contributed by atoms with van der Waals surface area (Å²) in [5, 5.41) is 10.8. The first-order valence-electron chi connectivity index (χ1n) is 3.02. The Hall–Kier alpha value is -1.58. The topological polar surface area (TPSA) is 62.8 Å². The minimum absolute atomic E-state index is 0.150. The van der Waals surface area contributed by atoms with E-state index in [1.807, 2.05) is 0 Å². The lowest BCUT2D eigenvalue weighted by Crippen LogP contribution is -1.86. The van der Waals surface area contributed by atoms with Crippen LogP contribution in [0.2, 0.25) is 0 Å². The van der Waals surface area contributed by atoms with Crippen LogP contribution in [0.5, 0.6) is 0 Å². The monoisotopic (exact) mass is 153 g/mol. The number of hydrogen-bond donors (Lipinski definition) is 1. The Bertz CT molecular complexity index is 288. The molecule has 1 heterocycles. The first kappa shape index (κ1) is 7.53. The van der Waals surface area contributed by atoms with Gasteiger partial charge in [0.05, 0.1) is 0 Å². The van der Waals surface area contributed by atoms with Crippen LogP contribution >= 0.6 is 0 Å². The number of oxime groups is 1. The van der Waals surface area contributed by atoms with Gasteiger partial charge in [-0.15, -0.1) is 0 Å². The summed E-state index contributed by atoms with van der Waals surface area (Å²) >= 11 is 0. The van der Waals surface area contributed by atoms with Crippen molar-refractivity contribution in [3.63, 3.8) is 0 Å². The molecule has 0 aliphatic carbocycles. The van der Waals surface area contributed by atoms with Crippen LogP contribution in [0.25, 0.3) is 0 Å². The van der Waals surface area contributed by atoms with E-state index in [1.54, 1.807) is 6.07 Å². The van der Waals surface area contributed by atoms with Crippen molar-refractivity contribution in [3.8, 4) is 0 Å². The number of ketones is 1. The van der Waals surface area contributed by atoms with Gasteiger partial charge < -0.3 is 9.62 Å². The molecule has 0 unspecified atom stereocenters. The second-order valence-electron chi connectivity index (χ2n) is 2.00. The highest BCUT2D eigenvalue weighted by molar-refractivity contribution is 5.92. The third kappa shape index (κ3) is 1.67. The zero-order valence-electron chi connectivity index (χ0n) is 5.94. The van der Waals surface area contributed by atoms with Crippen molar-refractivity contribution in [1.29, 1.82) is 0 Å². The summed E-state index contributed by atoms with van der Waals surface area (Å²) in [6.45, 7) is 1.40. The fraction of sp³-hybridized carbons (Fsp3) is 0.143. The number of carbonyl (C=O) groups is 1. The quantitative estimate of drug-likeness (QED) is 0.301. The maximum absolute atomic E-state index is 10.7. The second-order valence-corrected chi connectivity index (χ2v) is 2.00. The van der Waals surface area contributed by atoms with Gasteiger partial charge in [0.1, 0.15) is 12.0 Å². The van der Waals surface area contributed by atoms with Crippen molar-refractivity contribution >= 4 is 12.0 Å². The largest absolute Gasteiger partial charge is 0.452 e. The molecule has 58 valence electrons. The fourth-order valence-corrected chi connectivity index (χ4v) is 0.668. The molecule has 0 bridgehead atoms. The fourth-order valence-electron chi connectivity index (χ4n) is 0.668. The molecule has 0 aliphatic heterocycles. The summed E-state index contributed by atoms with van der Waals surface area (Å²) in [5.41, 5.74) is 0. The molecule has 1 aromatic rings. The third-order valence-corrected chi connectivity index (χ3v) is 1.16. The Morgan fingerprint density at radius 2 is 2.45 bits per heavy atom. The smallest absolute Gasteiger partial charge is 0.194 e. The first-order chi connectivity index (χ1) is 5.24. The maximum Gasteiger partial charge on any atom is 0.194 e. The number of Topliss-reactive ketones (excluding diaryl/α,β-unsaturated/α-hetero) is 1. The average Bonchev–Trinajstić information content (AvgIpc) is 2.37. The van der Waals surface area contributed by atoms with Gasteiger partial charge >= 0.3 is 0 Å². The molecule has 0 radical (unpaired) electrons. The molecule has 0 spiro atoms. The molecule has 0 aliphatic rings. The average molecular weight is 153 g/mol. The number of carbonyl (C=O) groups excluding carboxylic acids is 1. The summed E-state index contributed by atoms with van der Waals surface area (Å²) in [7, 11) is 0. The van der Waals surface area contributed by atoms with Crippen molar-refractivity contribution < 1.29 is 14.4 Å². The van der Waals surface area contributed by atoms with Crippen molar-refractivity contribution in [2.24, 2.45) is 5.16 Å². The Labute approximate surface area is 63.1 Å². The maximum atomic E-state index is 10.7. The van der Waals surface area contributed by atoms with Crippen LogP contribution in [0.15, 0.2) is 21.7 Å². The number of furan rings is 1. The van der Waals surface area contributed by atoms with Gasteiger partial charge in [0.15, 0.2) is 11.5 Å². The molecule has 1 rings (SSSR count). The van der Waals surface area contributed by atoms with E-state index in [4.69, 9.17) is 9.62 Å². The van der Waals surface area contributed by atoms with E-state index in [0.29, 0.717) is 5.76 Å². The van der Waals surface area contributed by atoms with Crippen molar-refractivity contribution in [2.75, 3.05) is 0 Å². The molecule has 1 aromatic heterocycles. The van der Waals surface area contributed by atoms with Gasteiger partial charge in [-0.2, -0.15) is 0 Å². The summed E-state index contributed by atoms with van der Waals surface area (Å²) in [6.07, 6.45) is 1.12. The van der Waals surface area contributed by atoms with Crippen molar-refractivity contribution in [2.45, 2.75) is 6.92 Å². The van der Waals surface area contributed by atoms with Crippen LogP contribution in [0, 0.1) is 0 Å². The van der Waals surface area contributed by atoms with E-state index in [1.165, 1.54) is 13.0 Å². The third-order valence-electron chi connectivity index (χ3n) is 1.16. The molecule has 0 amide bonds. The standard InChI is InChI=1S/C7H7NO3/c1-5(9)7-3-2-6(11-7)4-8-10/h2-4,10H,1H3/b8-4+. The van der Waals surface area contributed by atoms with Gasteiger partial charge in [-0.3, -0.25) is 4.79 Å². The zero-order chi connectivity index (χ0) is 8.27. The summed E-state index contributed by atoms with van der Waals surface area (Å²) in [4.78, 5) is 10.7. The van der Waals surface area contributed by atoms with Crippen LogP contribution in [0.4, 0.5) is 0 Å². The zero-order valence-corrected chi connectivity index (χ0v) is 5.94. The summed E-state index contributed by atoms with van der Waals surface area (Å²) < 4.78 is 4.93.